The second-order valence-electron chi connectivity index (χ2n) is 5.75. The van der Waals surface area contributed by atoms with Crippen molar-refractivity contribution in [2.24, 2.45) is 0 Å². The number of carbonyl (C=O) groups is 1. The van der Waals surface area contributed by atoms with E-state index >= 15 is 0 Å². The largest absolute Gasteiger partial charge is 0.493 e. The molecule has 5 N–H and O–H groups in total. The number of rotatable bonds is 5. The Kier molecular flexibility index (Phi) is 5.95. The number of nitrogens with zero attached hydrogens (tertiary/aromatic N) is 1. The molecule has 8 heteroatoms. The van der Waals surface area contributed by atoms with Gasteiger partial charge >= 0.3 is 6.09 Å². The van der Waals surface area contributed by atoms with Crippen LogP contribution in [-0.4, -0.2) is 46.6 Å². The van der Waals surface area contributed by atoms with E-state index in [0.717, 1.165) is 0 Å². The lowest BCUT2D eigenvalue weighted by atomic mass is 10.1. The van der Waals surface area contributed by atoms with Gasteiger partial charge in [-0.25, -0.2) is 9.78 Å². The first-order valence-corrected chi connectivity index (χ1v) is 6.76. The molecule has 1 aromatic rings. The Morgan fingerprint density at radius 1 is 1.45 bits per heavy atom. The quantitative estimate of drug-likeness (QED) is 0.626. The zero-order valence-corrected chi connectivity index (χ0v) is 13.2. The van der Waals surface area contributed by atoms with Gasteiger partial charge in [-0.2, -0.15) is 0 Å². The third-order valence-corrected chi connectivity index (χ3v) is 2.68. The summed E-state index contributed by atoms with van der Waals surface area (Å²) in [5.74, 6) is 0.476. The number of nitrogens with two attached hydrogens (primary N) is 1. The predicted molar refractivity (Wildman–Crippen MR) is 80.4 cm³/mol. The van der Waals surface area contributed by atoms with E-state index in [2.05, 4.69) is 10.3 Å². The fourth-order valence-corrected chi connectivity index (χ4v) is 1.63. The van der Waals surface area contributed by atoms with Gasteiger partial charge in [0.05, 0.1) is 7.11 Å². The van der Waals surface area contributed by atoms with Crippen molar-refractivity contribution >= 4 is 11.9 Å². The van der Waals surface area contributed by atoms with Crippen LogP contribution in [-0.2, 0) is 4.74 Å². The summed E-state index contributed by atoms with van der Waals surface area (Å²) in [5.41, 5.74) is 5.27. The van der Waals surface area contributed by atoms with Crippen LogP contribution in [0, 0.1) is 0 Å². The number of amides is 1. The second kappa shape index (κ2) is 7.28. The first kappa shape index (κ1) is 18.0. The Bertz CT molecular complexity index is 516. The standard InChI is InChI=1S/C14H23N3O5/c1-14(2,3)22-13(20)17-7-9(18)11(19)8-5-10(21-4)12(15)16-6-8/h5-6,9,11,18-19H,7H2,1-4H3,(H2,15,16)(H,17,20). The molecule has 0 spiro atoms. The van der Waals surface area contributed by atoms with E-state index < -0.39 is 23.9 Å². The van der Waals surface area contributed by atoms with Crippen LogP contribution >= 0.6 is 0 Å². The Labute approximate surface area is 129 Å². The van der Waals surface area contributed by atoms with E-state index in [-0.39, 0.29) is 12.4 Å². The van der Waals surface area contributed by atoms with Gasteiger partial charge in [-0.1, -0.05) is 0 Å². The Morgan fingerprint density at radius 2 is 2.09 bits per heavy atom. The number of hydrogen-bond donors (Lipinski definition) is 4. The Morgan fingerprint density at radius 3 is 2.64 bits per heavy atom. The predicted octanol–water partition coefficient (Wildman–Crippen LogP) is 0.591. The van der Waals surface area contributed by atoms with Crippen LogP contribution in [0.25, 0.3) is 0 Å². The van der Waals surface area contributed by atoms with Crippen LogP contribution in [0.15, 0.2) is 12.3 Å². The molecule has 0 saturated carbocycles. The van der Waals surface area contributed by atoms with E-state index in [1.54, 1.807) is 20.8 Å². The van der Waals surface area contributed by atoms with Crippen molar-refractivity contribution in [2.45, 2.75) is 38.6 Å². The average Bonchev–Trinajstić information content (AvgIpc) is 2.42. The number of aliphatic hydroxyl groups excluding tert-OH is 2. The van der Waals surface area contributed by atoms with E-state index in [1.165, 1.54) is 19.4 Å². The molecule has 1 amide bonds. The van der Waals surface area contributed by atoms with Crippen LogP contribution in [0.2, 0.25) is 0 Å². The smallest absolute Gasteiger partial charge is 0.407 e. The number of alkyl carbamates (subject to hydrolysis) is 1. The zero-order valence-electron chi connectivity index (χ0n) is 13.2. The summed E-state index contributed by atoms with van der Waals surface area (Å²) in [6, 6.07) is 1.48. The highest BCUT2D eigenvalue weighted by atomic mass is 16.6. The van der Waals surface area contributed by atoms with Crippen LogP contribution in [0.4, 0.5) is 10.6 Å². The van der Waals surface area contributed by atoms with Crippen molar-refractivity contribution < 1.29 is 24.5 Å². The summed E-state index contributed by atoms with van der Waals surface area (Å²) in [6.07, 6.45) is -1.83. The molecule has 8 nitrogen and oxygen atoms in total. The van der Waals surface area contributed by atoms with Gasteiger partial charge in [0.15, 0.2) is 11.6 Å². The van der Waals surface area contributed by atoms with Gasteiger partial charge in [0, 0.05) is 18.3 Å². The molecule has 22 heavy (non-hydrogen) atoms. The maximum atomic E-state index is 11.5. The maximum absolute atomic E-state index is 11.5. The van der Waals surface area contributed by atoms with Crippen molar-refractivity contribution in [3.8, 4) is 5.75 Å². The molecule has 124 valence electrons. The molecule has 0 saturated heterocycles. The third-order valence-electron chi connectivity index (χ3n) is 2.68. The maximum Gasteiger partial charge on any atom is 0.407 e. The summed E-state index contributed by atoms with van der Waals surface area (Å²) >= 11 is 0. The first-order chi connectivity index (χ1) is 10.1. The number of hydrogen-bond acceptors (Lipinski definition) is 7. The number of ether oxygens (including phenoxy) is 2. The van der Waals surface area contributed by atoms with Crippen LogP contribution in [0.5, 0.6) is 5.75 Å². The minimum absolute atomic E-state index is 0.178. The van der Waals surface area contributed by atoms with Crippen LogP contribution < -0.4 is 15.8 Å². The van der Waals surface area contributed by atoms with Crippen LogP contribution in [0.3, 0.4) is 0 Å². The number of pyridine rings is 1. The molecule has 0 aliphatic carbocycles. The number of nitrogens with one attached hydrogen (secondary N) is 1. The first-order valence-electron chi connectivity index (χ1n) is 6.76. The lowest BCUT2D eigenvalue weighted by Gasteiger charge is -2.22. The van der Waals surface area contributed by atoms with Gasteiger partial charge < -0.3 is 30.7 Å². The monoisotopic (exact) mass is 313 g/mol. The molecule has 0 aliphatic rings. The summed E-state index contributed by atoms with van der Waals surface area (Å²) in [7, 11) is 1.42. The van der Waals surface area contributed by atoms with Crippen molar-refractivity contribution in [3.63, 3.8) is 0 Å². The molecule has 0 aliphatic heterocycles. The molecule has 1 heterocycles. The molecule has 0 fully saturated rings. The number of carbonyl (C=O) groups excluding carboxylic acids is 1. The number of aliphatic hydroxyl groups is 2. The highest BCUT2D eigenvalue weighted by Gasteiger charge is 2.22. The number of nitrogen functional groups attached to an aromatic ring is 1. The minimum Gasteiger partial charge on any atom is -0.493 e. The SMILES string of the molecule is COc1cc(C(O)C(O)CNC(=O)OC(C)(C)C)cnc1N. The lowest BCUT2D eigenvalue weighted by Crippen LogP contribution is -2.38. The van der Waals surface area contributed by atoms with Crippen molar-refractivity contribution in [2.75, 3.05) is 19.4 Å². The number of aromatic nitrogens is 1. The fraction of sp³-hybridized carbons (Fsp3) is 0.571. The molecule has 0 radical (unpaired) electrons. The summed E-state index contributed by atoms with van der Waals surface area (Å²) in [5, 5.41) is 22.4. The van der Waals surface area contributed by atoms with E-state index in [0.29, 0.717) is 11.3 Å². The van der Waals surface area contributed by atoms with Crippen LogP contribution in [0.1, 0.15) is 32.4 Å². The molecule has 0 aromatic carbocycles. The van der Waals surface area contributed by atoms with Gasteiger partial charge in [0.25, 0.3) is 0 Å². The minimum atomic E-state index is -1.25. The zero-order chi connectivity index (χ0) is 16.9. The van der Waals surface area contributed by atoms with Gasteiger partial charge in [-0.15, -0.1) is 0 Å². The Balaban J connectivity index is 2.62. The molecular formula is C14H23N3O5. The van der Waals surface area contributed by atoms with E-state index in [1.807, 2.05) is 0 Å². The third kappa shape index (κ3) is 5.38. The summed E-state index contributed by atoms with van der Waals surface area (Å²) < 4.78 is 10.0. The Hall–Kier alpha value is -2.06. The molecular weight excluding hydrogens is 290 g/mol. The normalized spacial score (nSPS) is 14.1. The van der Waals surface area contributed by atoms with Gasteiger partial charge in [0.2, 0.25) is 0 Å². The second-order valence-corrected chi connectivity index (χ2v) is 5.75. The molecule has 0 bridgehead atoms. The number of methoxy groups -OCH3 is 1. The van der Waals surface area contributed by atoms with Crippen molar-refractivity contribution in [3.05, 3.63) is 17.8 Å². The van der Waals surface area contributed by atoms with Gasteiger partial charge in [0.1, 0.15) is 17.8 Å². The molecule has 1 rings (SSSR count). The molecule has 1 aromatic heterocycles. The summed E-state index contributed by atoms with van der Waals surface area (Å²) in [6.45, 7) is 5.00. The molecule has 2 unspecified atom stereocenters. The average molecular weight is 313 g/mol. The van der Waals surface area contributed by atoms with Gasteiger partial charge in [-0.3, -0.25) is 0 Å². The number of anilines is 1. The lowest BCUT2D eigenvalue weighted by molar-refractivity contribution is 0.0127. The highest BCUT2D eigenvalue weighted by Crippen LogP contribution is 2.24. The van der Waals surface area contributed by atoms with Crippen molar-refractivity contribution in [1.29, 1.82) is 0 Å². The summed E-state index contributed by atoms with van der Waals surface area (Å²) in [4.78, 5) is 15.4. The fourth-order valence-electron chi connectivity index (χ4n) is 1.63. The van der Waals surface area contributed by atoms with E-state index in [4.69, 9.17) is 15.2 Å². The highest BCUT2D eigenvalue weighted by molar-refractivity contribution is 5.67. The topological polar surface area (TPSA) is 127 Å². The molecule has 2 atom stereocenters. The van der Waals surface area contributed by atoms with Crippen molar-refractivity contribution in [1.82, 2.24) is 10.3 Å². The van der Waals surface area contributed by atoms with E-state index in [9.17, 15) is 15.0 Å². The van der Waals surface area contributed by atoms with Gasteiger partial charge in [-0.05, 0) is 26.8 Å².